The van der Waals surface area contributed by atoms with Crippen LogP contribution in [0.15, 0.2) is 0 Å². The quantitative estimate of drug-likeness (QED) is 0.810. The number of rotatable bonds is 3. The average molecular weight is 254 g/mol. The Morgan fingerprint density at radius 1 is 1.28 bits per heavy atom. The monoisotopic (exact) mass is 254 g/mol. The molecule has 2 saturated carbocycles. The van der Waals surface area contributed by atoms with E-state index in [1.165, 1.54) is 25.7 Å². The summed E-state index contributed by atoms with van der Waals surface area (Å²) in [7, 11) is 0. The fourth-order valence-electron chi connectivity index (χ4n) is 5.05. The molecule has 3 unspecified atom stereocenters. The van der Waals surface area contributed by atoms with Crippen LogP contribution in [0.5, 0.6) is 0 Å². The molecule has 5 atom stereocenters. The lowest BCUT2D eigenvalue weighted by molar-refractivity contribution is -0.0376. The molecule has 0 spiro atoms. The molecule has 2 heteroatoms. The van der Waals surface area contributed by atoms with Gasteiger partial charge in [0.25, 0.3) is 0 Å². The van der Waals surface area contributed by atoms with E-state index in [0.717, 1.165) is 12.8 Å². The maximum absolute atomic E-state index is 10.2. The summed E-state index contributed by atoms with van der Waals surface area (Å²) in [5, 5.41) is 20.3. The SMILES string of the molecule is CC(CC(C)(C)O)C1CCC2[C@@H](O)CCC[C@]12C. The smallest absolute Gasteiger partial charge is 0.0594 e. The maximum atomic E-state index is 10.2. The zero-order chi connectivity index (χ0) is 13.6. The summed E-state index contributed by atoms with van der Waals surface area (Å²) in [5.74, 6) is 1.72. The van der Waals surface area contributed by atoms with Gasteiger partial charge in [0.05, 0.1) is 11.7 Å². The Labute approximate surface area is 112 Å². The fraction of sp³-hybridized carbons (Fsp3) is 1.00. The topological polar surface area (TPSA) is 40.5 Å². The summed E-state index contributed by atoms with van der Waals surface area (Å²) in [5.41, 5.74) is -0.260. The Morgan fingerprint density at radius 3 is 2.56 bits per heavy atom. The van der Waals surface area contributed by atoms with Crippen molar-refractivity contribution in [2.75, 3.05) is 0 Å². The predicted octanol–water partition coefficient (Wildman–Crippen LogP) is 3.36. The molecule has 2 fully saturated rings. The molecule has 0 aromatic rings. The first kappa shape index (κ1) is 14.3. The van der Waals surface area contributed by atoms with Crippen LogP contribution in [-0.4, -0.2) is 21.9 Å². The third kappa shape index (κ3) is 2.60. The number of fused-ring (bicyclic) bond motifs is 1. The Kier molecular flexibility index (Phi) is 3.81. The molecule has 106 valence electrons. The first-order chi connectivity index (χ1) is 8.24. The van der Waals surface area contributed by atoms with Crippen LogP contribution in [0, 0.1) is 23.2 Å². The molecule has 2 N–H and O–H groups in total. The summed E-state index contributed by atoms with van der Waals surface area (Å²) < 4.78 is 0. The third-order valence-corrected chi connectivity index (χ3v) is 5.67. The van der Waals surface area contributed by atoms with Gasteiger partial charge in [-0.15, -0.1) is 0 Å². The zero-order valence-corrected chi connectivity index (χ0v) is 12.4. The average Bonchev–Trinajstić information content (AvgIpc) is 2.54. The van der Waals surface area contributed by atoms with E-state index in [1.54, 1.807) is 0 Å². The molecule has 2 aliphatic rings. The van der Waals surface area contributed by atoms with E-state index < -0.39 is 5.60 Å². The van der Waals surface area contributed by atoms with Gasteiger partial charge < -0.3 is 10.2 Å². The van der Waals surface area contributed by atoms with Gasteiger partial charge in [0.1, 0.15) is 0 Å². The van der Waals surface area contributed by atoms with Crippen LogP contribution in [0.2, 0.25) is 0 Å². The van der Waals surface area contributed by atoms with Crippen LogP contribution in [0.25, 0.3) is 0 Å². The fourth-order valence-corrected chi connectivity index (χ4v) is 5.05. The highest BCUT2D eigenvalue weighted by Gasteiger charge is 2.52. The lowest BCUT2D eigenvalue weighted by Crippen LogP contribution is -2.42. The van der Waals surface area contributed by atoms with E-state index >= 15 is 0 Å². The van der Waals surface area contributed by atoms with Crippen molar-refractivity contribution in [3.8, 4) is 0 Å². The van der Waals surface area contributed by atoms with Gasteiger partial charge in [-0.2, -0.15) is 0 Å². The number of aliphatic hydroxyl groups excluding tert-OH is 1. The Morgan fingerprint density at radius 2 is 1.94 bits per heavy atom. The van der Waals surface area contributed by atoms with Crippen molar-refractivity contribution in [3.05, 3.63) is 0 Å². The molecule has 2 rings (SSSR count). The van der Waals surface area contributed by atoms with Crippen LogP contribution in [-0.2, 0) is 0 Å². The first-order valence-electron chi connectivity index (χ1n) is 7.64. The molecule has 0 bridgehead atoms. The van der Waals surface area contributed by atoms with Crippen molar-refractivity contribution in [2.45, 2.75) is 77.9 Å². The molecular weight excluding hydrogens is 224 g/mol. The van der Waals surface area contributed by atoms with E-state index in [4.69, 9.17) is 0 Å². The molecule has 0 aliphatic heterocycles. The molecule has 0 aromatic carbocycles. The van der Waals surface area contributed by atoms with Gasteiger partial charge in [0.2, 0.25) is 0 Å². The largest absolute Gasteiger partial charge is 0.393 e. The summed E-state index contributed by atoms with van der Waals surface area (Å²) in [6.45, 7) is 8.50. The number of aliphatic hydroxyl groups is 2. The molecule has 2 nitrogen and oxygen atoms in total. The summed E-state index contributed by atoms with van der Waals surface area (Å²) in [4.78, 5) is 0. The maximum Gasteiger partial charge on any atom is 0.0594 e. The molecular formula is C16H30O2. The van der Waals surface area contributed by atoms with Crippen molar-refractivity contribution < 1.29 is 10.2 Å². The normalized spacial score (nSPS) is 42.7. The van der Waals surface area contributed by atoms with E-state index in [0.29, 0.717) is 23.2 Å². The summed E-state index contributed by atoms with van der Waals surface area (Å²) >= 11 is 0. The molecule has 2 aliphatic carbocycles. The highest BCUT2D eigenvalue weighted by atomic mass is 16.3. The second-order valence-corrected chi connectivity index (χ2v) is 7.75. The first-order valence-corrected chi connectivity index (χ1v) is 7.64. The second-order valence-electron chi connectivity index (χ2n) is 7.75. The number of hydrogen-bond acceptors (Lipinski definition) is 2. The lowest BCUT2D eigenvalue weighted by Gasteiger charge is -2.45. The van der Waals surface area contributed by atoms with E-state index in [9.17, 15) is 10.2 Å². The second kappa shape index (κ2) is 4.79. The zero-order valence-electron chi connectivity index (χ0n) is 12.4. The van der Waals surface area contributed by atoms with Crippen molar-refractivity contribution in [1.82, 2.24) is 0 Å². The highest BCUT2D eigenvalue weighted by molar-refractivity contribution is 5.02. The van der Waals surface area contributed by atoms with Gasteiger partial charge in [-0.25, -0.2) is 0 Å². The van der Waals surface area contributed by atoms with Gasteiger partial charge in [0, 0.05) is 0 Å². The number of hydrogen-bond donors (Lipinski definition) is 2. The minimum absolute atomic E-state index is 0.0805. The van der Waals surface area contributed by atoms with Crippen LogP contribution >= 0.6 is 0 Å². The minimum atomic E-state index is -0.568. The highest BCUT2D eigenvalue weighted by Crippen LogP contribution is 2.58. The molecule has 18 heavy (non-hydrogen) atoms. The molecule has 0 radical (unpaired) electrons. The van der Waals surface area contributed by atoms with E-state index in [1.807, 2.05) is 13.8 Å². The summed E-state index contributed by atoms with van der Waals surface area (Å²) in [6, 6.07) is 0. The van der Waals surface area contributed by atoms with Gasteiger partial charge in [-0.1, -0.05) is 20.3 Å². The van der Waals surface area contributed by atoms with Crippen molar-refractivity contribution in [3.63, 3.8) is 0 Å². The molecule has 0 amide bonds. The van der Waals surface area contributed by atoms with E-state index in [2.05, 4.69) is 13.8 Å². The standard InChI is InChI=1S/C16H30O2/c1-11(10-15(2,3)18)12-7-8-13-14(17)6-5-9-16(12,13)4/h11-14,17-18H,5-10H2,1-4H3/t11?,12?,13?,14-,16+/m0/s1. The van der Waals surface area contributed by atoms with Crippen LogP contribution < -0.4 is 0 Å². The van der Waals surface area contributed by atoms with Gasteiger partial charge >= 0.3 is 0 Å². The Balaban J connectivity index is 2.10. The molecule has 0 aromatic heterocycles. The Bertz CT molecular complexity index is 294. The van der Waals surface area contributed by atoms with Crippen LogP contribution in [0.4, 0.5) is 0 Å². The summed E-state index contributed by atoms with van der Waals surface area (Å²) in [6.07, 6.45) is 6.62. The van der Waals surface area contributed by atoms with Gasteiger partial charge in [-0.3, -0.25) is 0 Å². The predicted molar refractivity (Wildman–Crippen MR) is 74.3 cm³/mol. The Hall–Kier alpha value is -0.0800. The van der Waals surface area contributed by atoms with Crippen LogP contribution in [0.1, 0.15) is 66.2 Å². The van der Waals surface area contributed by atoms with E-state index in [-0.39, 0.29) is 6.10 Å². The third-order valence-electron chi connectivity index (χ3n) is 5.67. The van der Waals surface area contributed by atoms with Crippen molar-refractivity contribution in [1.29, 1.82) is 0 Å². The molecule has 0 heterocycles. The van der Waals surface area contributed by atoms with Gasteiger partial charge in [-0.05, 0) is 69.1 Å². The lowest BCUT2D eigenvalue weighted by atomic mass is 9.61. The van der Waals surface area contributed by atoms with Crippen molar-refractivity contribution in [2.24, 2.45) is 23.2 Å². The van der Waals surface area contributed by atoms with Crippen LogP contribution in [0.3, 0.4) is 0 Å². The minimum Gasteiger partial charge on any atom is -0.393 e. The molecule has 0 saturated heterocycles. The van der Waals surface area contributed by atoms with Gasteiger partial charge in [0.15, 0.2) is 0 Å². The van der Waals surface area contributed by atoms with Crippen molar-refractivity contribution >= 4 is 0 Å².